The summed E-state index contributed by atoms with van der Waals surface area (Å²) in [6.07, 6.45) is 1.22. The lowest BCUT2D eigenvalue weighted by Crippen LogP contribution is -2.39. The van der Waals surface area contributed by atoms with Crippen LogP contribution < -0.4 is 14.9 Å². The van der Waals surface area contributed by atoms with E-state index in [1.807, 2.05) is 30.3 Å². The van der Waals surface area contributed by atoms with E-state index in [-0.39, 0.29) is 17.4 Å². The monoisotopic (exact) mass is 405 g/mol. The molecule has 1 aromatic carbocycles. The zero-order chi connectivity index (χ0) is 19.4. The maximum absolute atomic E-state index is 13.1. The number of anilines is 1. The Bertz CT molecular complexity index is 981. The Morgan fingerprint density at radius 1 is 1.19 bits per heavy atom. The van der Waals surface area contributed by atoms with Crippen LogP contribution in [0.2, 0.25) is 0 Å². The molecule has 0 saturated heterocycles. The van der Waals surface area contributed by atoms with E-state index in [4.69, 9.17) is 0 Å². The standard InChI is InChI=1S/C18H19N3O4S2/c1-13(22)20-9-8-19-11-16-17(23)18-15(7-10-26-18)21(27(16,24)25)12-14-5-3-2-4-6-14/h2-7,10-11,19H,8-9,12H2,1H3,(H,20,22). The molecule has 0 radical (unpaired) electrons. The van der Waals surface area contributed by atoms with Crippen molar-refractivity contribution < 1.29 is 18.0 Å². The Hall–Kier alpha value is -2.65. The predicted molar refractivity (Wildman–Crippen MR) is 105 cm³/mol. The lowest BCUT2D eigenvalue weighted by molar-refractivity contribution is -0.118. The van der Waals surface area contributed by atoms with Gasteiger partial charge in [-0.05, 0) is 17.0 Å². The molecule has 1 aromatic heterocycles. The number of fused-ring (bicyclic) bond motifs is 1. The molecule has 2 N–H and O–H groups in total. The number of hydrogen-bond acceptors (Lipinski definition) is 6. The molecular formula is C18H19N3O4S2. The van der Waals surface area contributed by atoms with Gasteiger partial charge in [0.2, 0.25) is 11.7 Å². The minimum Gasteiger partial charge on any atom is -0.388 e. The topological polar surface area (TPSA) is 95.6 Å². The molecule has 9 heteroatoms. The first-order chi connectivity index (χ1) is 12.9. The van der Waals surface area contributed by atoms with Gasteiger partial charge in [-0.15, -0.1) is 11.3 Å². The summed E-state index contributed by atoms with van der Waals surface area (Å²) in [5.74, 6) is -0.695. The first kappa shape index (κ1) is 19.1. The molecule has 2 heterocycles. The molecule has 2 aromatic rings. The third-order valence-corrected chi connectivity index (χ3v) is 6.62. The van der Waals surface area contributed by atoms with Crippen molar-refractivity contribution in [3.8, 4) is 0 Å². The van der Waals surface area contributed by atoms with Crippen LogP contribution in [0, 0.1) is 0 Å². The number of carbonyl (C=O) groups is 2. The third kappa shape index (κ3) is 4.04. The number of thiophene rings is 1. The third-order valence-electron chi connectivity index (χ3n) is 3.96. The quantitative estimate of drug-likeness (QED) is 0.565. The van der Waals surface area contributed by atoms with Crippen molar-refractivity contribution in [3.05, 3.63) is 63.3 Å². The van der Waals surface area contributed by atoms with Gasteiger partial charge in [-0.2, -0.15) is 0 Å². The van der Waals surface area contributed by atoms with Gasteiger partial charge in [-0.3, -0.25) is 13.9 Å². The number of amides is 1. The molecule has 0 fully saturated rings. The summed E-state index contributed by atoms with van der Waals surface area (Å²) in [6, 6.07) is 10.9. The van der Waals surface area contributed by atoms with Crippen LogP contribution in [-0.2, 0) is 21.4 Å². The van der Waals surface area contributed by atoms with Gasteiger partial charge < -0.3 is 10.6 Å². The molecule has 0 spiro atoms. The number of hydrogen-bond donors (Lipinski definition) is 2. The average molecular weight is 406 g/mol. The Labute approximate surface area is 161 Å². The van der Waals surface area contributed by atoms with Gasteiger partial charge >= 0.3 is 0 Å². The molecule has 0 unspecified atom stereocenters. The van der Waals surface area contributed by atoms with E-state index in [9.17, 15) is 18.0 Å². The van der Waals surface area contributed by atoms with Gasteiger partial charge in [0.05, 0.1) is 12.2 Å². The van der Waals surface area contributed by atoms with E-state index < -0.39 is 15.8 Å². The number of sulfonamides is 1. The molecule has 27 heavy (non-hydrogen) atoms. The molecule has 1 amide bonds. The van der Waals surface area contributed by atoms with Crippen LogP contribution in [0.3, 0.4) is 0 Å². The van der Waals surface area contributed by atoms with Crippen LogP contribution >= 0.6 is 11.3 Å². The smallest absolute Gasteiger partial charge is 0.270 e. The van der Waals surface area contributed by atoms with Crippen LogP contribution in [0.25, 0.3) is 0 Å². The summed E-state index contributed by atoms with van der Waals surface area (Å²) >= 11 is 1.22. The van der Waals surface area contributed by atoms with Crippen LogP contribution in [0.4, 0.5) is 5.69 Å². The molecule has 1 aliphatic rings. The van der Waals surface area contributed by atoms with Crippen molar-refractivity contribution in [3.63, 3.8) is 0 Å². The van der Waals surface area contributed by atoms with Gasteiger partial charge in [0.1, 0.15) is 4.88 Å². The summed E-state index contributed by atoms with van der Waals surface area (Å²) in [7, 11) is -4.00. The highest BCUT2D eigenvalue weighted by Gasteiger charge is 2.41. The fourth-order valence-electron chi connectivity index (χ4n) is 2.68. The Balaban J connectivity index is 1.89. The van der Waals surface area contributed by atoms with E-state index in [1.54, 1.807) is 11.4 Å². The van der Waals surface area contributed by atoms with E-state index in [2.05, 4.69) is 10.6 Å². The highest BCUT2D eigenvalue weighted by molar-refractivity contribution is 7.97. The number of allylic oxidation sites excluding steroid dienone is 1. The fraction of sp³-hybridized carbons (Fsp3) is 0.222. The lowest BCUT2D eigenvalue weighted by Gasteiger charge is -2.29. The number of carbonyl (C=O) groups excluding carboxylic acids is 2. The summed E-state index contributed by atoms with van der Waals surface area (Å²) in [6.45, 7) is 2.17. The molecule has 0 bridgehead atoms. The van der Waals surface area contributed by atoms with Crippen molar-refractivity contribution in [2.24, 2.45) is 0 Å². The Morgan fingerprint density at radius 3 is 2.63 bits per heavy atom. The fourth-order valence-corrected chi connectivity index (χ4v) is 5.19. The number of Topliss-reactive ketones (excluding diaryl/α,β-unsaturated/α-hetero) is 1. The van der Waals surface area contributed by atoms with E-state index in [1.165, 1.54) is 28.8 Å². The molecular weight excluding hydrogens is 386 g/mol. The summed E-state index contributed by atoms with van der Waals surface area (Å²) < 4.78 is 27.4. The highest BCUT2D eigenvalue weighted by Crippen LogP contribution is 2.39. The Kier molecular flexibility index (Phi) is 5.62. The van der Waals surface area contributed by atoms with Crippen molar-refractivity contribution >= 4 is 38.7 Å². The van der Waals surface area contributed by atoms with Crippen molar-refractivity contribution in [2.45, 2.75) is 13.5 Å². The normalized spacial score (nSPS) is 16.9. The summed E-state index contributed by atoms with van der Waals surface area (Å²) in [4.78, 5) is 23.7. The van der Waals surface area contributed by atoms with Crippen LogP contribution in [0.15, 0.2) is 52.9 Å². The number of ketones is 1. The number of rotatable bonds is 6. The van der Waals surface area contributed by atoms with E-state index in [0.29, 0.717) is 23.7 Å². The SMILES string of the molecule is CC(=O)NCCNC=C1C(=O)c2sccc2N(Cc2ccccc2)S1(=O)=O. The molecule has 7 nitrogen and oxygen atoms in total. The maximum Gasteiger partial charge on any atom is 0.270 e. The van der Waals surface area contributed by atoms with Gasteiger partial charge in [0.25, 0.3) is 10.0 Å². The minimum atomic E-state index is -4.00. The van der Waals surface area contributed by atoms with Crippen LogP contribution in [0.5, 0.6) is 0 Å². The highest BCUT2D eigenvalue weighted by atomic mass is 32.2. The second-order valence-corrected chi connectivity index (χ2v) is 8.65. The number of nitrogens with zero attached hydrogens (tertiary/aromatic N) is 1. The second kappa shape index (κ2) is 7.93. The van der Waals surface area contributed by atoms with Gasteiger partial charge in [-0.25, -0.2) is 8.42 Å². The molecule has 142 valence electrons. The van der Waals surface area contributed by atoms with Gasteiger partial charge in [0, 0.05) is 26.2 Å². The van der Waals surface area contributed by atoms with Crippen LogP contribution in [0.1, 0.15) is 22.2 Å². The van der Waals surface area contributed by atoms with Crippen molar-refractivity contribution in [2.75, 3.05) is 17.4 Å². The zero-order valence-electron chi connectivity index (χ0n) is 14.6. The maximum atomic E-state index is 13.1. The summed E-state index contributed by atoms with van der Waals surface area (Å²) in [5.41, 5.74) is 1.23. The van der Waals surface area contributed by atoms with Gasteiger partial charge in [-0.1, -0.05) is 30.3 Å². The number of benzene rings is 1. The molecule has 3 rings (SSSR count). The van der Waals surface area contributed by atoms with Crippen molar-refractivity contribution in [1.82, 2.24) is 10.6 Å². The van der Waals surface area contributed by atoms with Gasteiger partial charge in [0.15, 0.2) is 4.91 Å². The largest absolute Gasteiger partial charge is 0.388 e. The predicted octanol–water partition coefficient (Wildman–Crippen LogP) is 1.85. The summed E-state index contributed by atoms with van der Waals surface area (Å²) in [5, 5.41) is 7.11. The lowest BCUT2D eigenvalue weighted by atomic mass is 10.2. The van der Waals surface area contributed by atoms with E-state index >= 15 is 0 Å². The molecule has 0 aliphatic carbocycles. The minimum absolute atomic E-state index is 0.142. The van der Waals surface area contributed by atoms with Crippen molar-refractivity contribution in [1.29, 1.82) is 0 Å². The second-order valence-electron chi connectivity index (χ2n) is 5.91. The average Bonchev–Trinajstić information content (AvgIpc) is 3.11. The first-order valence-corrected chi connectivity index (χ1v) is 10.6. The first-order valence-electron chi connectivity index (χ1n) is 8.28. The zero-order valence-corrected chi connectivity index (χ0v) is 16.3. The molecule has 1 aliphatic heterocycles. The van der Waals surface area contributed by atoms with Crippen LogP contribution in [-0.4, -0.2) is 33.2 Å². The molecule has 0 atom stereocenters. The number of nitrogens with one attached hydrogen (secondary N) is 2. The van der Waals surface area contributed by atoms with E-state index in [0.717, 1.165) is 5.56 Å². The molecule has 0 saturated carbocycles. The Morgan fingerprint density at radius 2 is 1.93 bits per heavy atom.